The molecule has 0 saturated carbocycles. The lowest BCUT2D eigenvalue weighted by Gasteiger charge is -2.14. The Morgan fingerprint density at radius 2 is 0.857 bits per heavy atom. The van der Waals surface area contributed by atoms with E-state index in [-0.39, 0.29) is 0 Å². The summed E-state index contributed by atoms with van der Waals surface area (Å²) in [7, 11) is 0. The molecule has 9 rings (SSSR count). The van der Waals surface area contributed by atoms with Crippen molar-refractivity contribution in [3.63, 3.8) is 0 Å². The molecule has 0 bridgehead atoms. The molecule has 0 amide bonds. The number of para-hydroxylation sites is 2. The second-order valence-electron chi connectivity index (χ2n) is 11.0. The molecule has 0 unspecified atom stereocenters. The molecule has 0 N–H and O–H groups in total. The molecule has 0 atom stereocenters. The third kappa shape index (κ3) is 3.33. The van der Waals surface area contributed by atoms with E-state index >= 15 is 0 Å². The van der Waals surface area contributed by atoms with Crippen LogP contribution in [0.3, 0.4) is 0 Å². The van der Waals surface area contributed by atoms with Crippen molar-refractivity contribution < 1.29 is 0 Å². The second-order valence-corrected chi connectivity index (χ2v) is 11.0. The topological polar surface area (TPSA) is 9.86 Å². The van der Waals surface area contributed by atoms with Crippen LogP contribution in [0.25, 0.3) is 76.9 Å². The fourth-order valence-electron chi connectivity index (χ4n) is 6.81. The number of fused-ring (bicyclic) bond motifs is 8. The summed E-state index contributed by atoms with van der Waals surface area (Å²) in [6, 6.07) is 57.2. The third-order valence-electron chi connectivity index (χ3n) is 8.67. The van der Waals surface area contributed by atoms with E-state index in [0.29, 0.717) is 0 Å². The largest absolute Gasteiger partial charge is 0.307 e. The highest BCUT2D eigenvalue weighted by Gasteiger charge is 2.21. The minimum Gasteiger partial charge on any atom is -0.307 e. The second kappa shape index (κ2) is 8.95. The van der Waals surface area contributed by atoms with Crippen molar-refractivity contribution in [2.45, 2.75) is 0 Å². The Balaban J connectivity index is 1.46. The van der Waals surface area contributed by atoms with E-state index in [4.69, 9.17) is 0 Å². The summed E-state index contributed by atoms with van der Waals surface area (Å²) in [6.07, 6.45) is 0. The predicted molar refractivity (Wildman–Crippen MR) is 178 cm³/mol. The zero-order chi connectivity index (χ0) is 27.6. The van der Waals surface area contributed by atoms with Crippen molar-refractivity contribution in [2.24, 2.45) is 0 Å². The van der Waals surface area contributed by atoms with Crippen molar-refractivity contribution >= 4 is 54.4 Å². The fourth-order valence-corrected chi connectivity index (χ4v) is 6.81. The van der Waals surface area contributed by atoms with Crippen LogP contribution in [-0.2, 0) is 0 Å². The molecule has 2 nitrogen and oxygen atoms in total. The smallest absolute Gasteiger partial charge is 0.0788 e. The molecule has 0 aliphatic carbocycles. The van der Waals surface area contributed by atoms with Crippen LogP contribution in [0.2, 0.25) is 0 Å². The van der Waals surface area contributed by atoms with Crippen LogP contribution in [0.15, 0.2) is 158 Å². The summed E-state index contributed by atoms with van der Waals surface area (Å²) in [4.78, 5) is 0. The van der Waals surface area contributed by atoms with E-state index in [1.54, 1.807) is 0 Å². The van der Waals surface area contributed by atoms with E-state index in [1.165, 1.54) is 71.2 Å². The van der Waals surface area contributed by atoms with Crippen molar-refractivity contribution in [1.29, 1.82) is 0 Å². The predicted octanol–water partition coefficient (Wildman–Crippen LogP) is 10.7. The van der Waals surface area contributed by atoms with Crippen LogP contribution in [-0.4, -0.2) is 9.13 Å². The molecule has 0 aliphatic heterocycles. The minimum atomic E-state index is 1.16. The van der Waals surface area contributed by atoms with Gasteiger partial charge in [0.25, 0.3) is 0 Å². The van der Waals surface area contributed by atoms with Crippen LogP contribution in [0.1, 0.15) is 0 Å². The molecule has 9 aromatic rings. The monoisotopic (exact) mass is 534 g/mol. The molecule has 0 spiro atoms. The van der Waals surface area contributed by atoms with Gasteiger partial charge < -0.3 is 9.13 Å². The molecule has 2 aromatic heterocycles. The van der Waals surface area contributed by atoms with Crippen LogP contribution in [0.5, 0.6) is 0 Å². The standard InChI is InChI=1S/C40H26N2/c1-2-11-27(12-3-1)30-15-10-16-31(25-30)41-37-19-8-6-17-33(37)35-23-24-36-34-18-7-9-20-38(34)42(40(36)39(35)41)32-22-21-28-13-4-5-14-29(28)26-32/h1-26H. The third-order valence-corrected chi connectivity index (χ3v) is 8.67. The Morgan fingerprint density at radius 3 is 1.55 bits per heavy atom. The van der Waals surface area contributed by atoms with Gasteiger partial charge in [-0.1, -0.05) is 121 Å². The normalized spacial score (nSPS) is 11.8. The zero-order valence-electron chi connectivity index (χ0n) is 22.9. The molecule has 0 saturated heterocycles. The highest BCUT2D eigenvalue weighted by molar-refractivity contribution is 6.23. The first-order valence-corrected chi connectivity index (χ1v) is 14.5. The number of aromatic nitrogens is 2. The highest BCUT2D eigenvalue weighted by Crippen LogP contribution is 2.42. The molecular formula is C40H26N2. The van der Waals surface area contributed by atoms with Crippen LogP contribution in [0, 0.1) is 0 Å². The molecule has 0 radical (unpaired) electrons. The van der Waals surface area contributed by atoms with Gasteiger partial charge in [-0.25, -0.2) is 0 Å². The van der Waals surface area contributed by atoms with Crippen molar-refractivity contribution in [3.05, 3.63) is 158 Å². The number of nitrogens with zero attached hydrogens (tertiary/aromatic N) is 2. The Hall–Kier alpha value is -5.60. The van der Waals surface area contributed by atoms with Gasteiger partial charge in [-0.05, 0) is 58.3 Å². The summed E-state index contributed by atoms with van der Waals surface area (Å²) in [5.74, 6) is 0. The first-order chi connectivity index (χ1) is 20.8. The minimum absolute atomic E-state index is 1.16. The van der Waals surface area contributed by atoms with E-state index in [9.17, 15) is 0 Å². The van der Waals surface area contributed by atoms with Gasteiger partial charge in [0.15, 0.2) is 0 Å². The van der Waals surface area contributed by atoms with Gasteiger partial charge in [0.2, 0.25) is 0 Å². The summed E-state index contributed by atoms with van der Waals surface area (Å²) < 4.78 is 4.94. The zero-order valence-corrected chi connectivity index (χ0v) is 22.9. The lowest BCUT2D eigenvalue weighted by Crippen LogP contribution is -1.99. The Bertz CT molecular complexity index is 2460. The van der Waals surface area contributed by atoms with Crippen LogP contribution >= 0.6 is 0 Å². The molecule has 0 fully saturated rings. The van der Waals surface area contributed by atoms with E-state index in [2.05, 4.69) is 167 Å². The van der Waals surface area contributed by atoms with Crippen LogP contribution in [0.4, 0.5) is 0 Å². The SMILES string of the molecule is c1ccc(-c2cccc(-n3c4ccccc4c4ccc5c6ccccc6n(-c6ccc7ccccc7c6)c5c43)c2)cc1. The Kier molecular flexibility index (Phi) is 4.93. The molecule has 2 heteroatoms. The highest BCUT2D eigenvalue weighted by atomic mass is 15.0. The summed E-state index contributed by atoms with van der Waals surface area (Å²) in [5, 5.41) is 7.53. The average Bonchev–Trinajstić information content (AvgIpc) is 3.58. The maximum absolute atomic E-state index is 2.47. The Morgan fingerprint density at radius 1 is 0.310 bits per heavy atom. The maximum atomic E-state index is 2.47. The molecule has 196 valence electrons. The lowest BCUT2D eigenvalue weighted by molar-refractivity contribution is 1.15. The molecule has 42 heavy (non-hydrogen) atoms. The van der Waals surface area contributed by atoms with Gasteiger partial charge >= 0.3 is 0 Å². The number of hydrogen-bond acceptors (Lipinski definition) is 0. The Labute approximate surface area is 243 Å². The van der Waals surface area contributed by atoms with E-state index < -0.39 is 0 Å². The molecular weight excluding hydrogens is 508 g/mol. The number of benzene rings is 7. The maximum Gasteiger partial charge on any atom is 0.0788 e. The van der Waals surface area contributed by atoms with Crippen molar-refractivity contribution in [1.82, 2.24) is 9.13 Å². The van der Waals surface area contributed by atoms with Gasteiger partial charge in [-0.2, -0.15) is 0 Å². The lowest BCUT2D eigenvalue weighted by atomic mass is 10.1. The van der Waals surface area contributed by atoms with E-state index in [1.807, 2.05) is 0 Å². The fraction of sp³-hybridized carbons (Fsp3) is 0. The van der Waals surface area contributed by atoms with Crippen molar-refractivity contribution in [2.75, 3.05) is 0 Å². The first kappa shape index (κ1) is 23.1. The quantitative estimate of drug-likeness (QED) is 0.213. The summed E-state index contributed by atoms with van der Waals surface area (Å²) in [5.41, 5.74) is 9.63. The summed E-state index contributed by atoms with van der Waals surface area (Å²) >= 11 is 0. The first-order valence-electron chi connectivity index (χ1n) is 14.5. The number of hydrogen-bond donors (Lipinski definition) is 0. The van der Waals surface area contributed by atoms with Gasteiger partial charge in [0, 0.05) is 32.9 Å². The van der Waals surface area contributed by atoms with E-state index in [0.717, 1.165) is 5.69 Å². The van der Waals surface area contributed by atoms with Crippen molar-refractivity contribution in [3.8, 4) is 22.5 Å². The van der Waals surface area contributed by atoms with Gasteiger partial charge in [-0.15, -0.1) is 0 Å². The van der Waals surface area contributed by atoms with Crippen LogP contribution < -0.4 is 0 Å². The number of rotatable bonds is 3. The average molecular weight is 535 g/mol. The van der Waals surface area contributed by atoms with Gasteiger partial charge in [0.05, 0.1) is 22.1 Å². The molecule has 7 aromatic carbocycles. The molecule has 2 heterocycles. The van der Waals surface area contributed by atoms with Gasteiger partial charge in [0.1, 0.15) is 0 Å². The van der Waals surface area contributed by atoms with Gasteiger partial charge in [-0.3, -0.25) is 0 Å². The summed E-state index contributed by atoms with van der Waals surface area (Å²) in [6.45, 7) is 0. The molecule has 0 aliphatic rings.